The van der Waals surface area contributed by atoms with Crippen molar-refractivity contribution in [3.8, 4) is 0 Å². The van der Waals surface area contributed by atoms with Crippen LogP contribution in [0.3, 0.4) is 0 Å². The Labute approximate surface area is 122 Å². The number of hydrogen-bond acceptors (Lipinski definition) is 4. The number of nitrogens with zero attached hydrogens (tertiary/aromatic N) is 2. The quantitative estimate of drug-likeness (QED) is 0.868. The standard InChI is InChI=1S/C16H29N3O/c1-12(2)19-7-5-6-14(11-19)9-16-18-10-15(20-16)8-13(3)17-4/h10,12-14,17H,5-9,11H2,1-4H3. The van der Waals surface area contributed by atoms with Crippen molar-refractivity contribution in [3.05, 3.63) is 17.8 Å². The van der Waals surface area contributed by atoms with E-state index < -0.39 is 0 Å². The number of piperidine rings is 1. The molecular formula is C16H29N3O. The molecule has 0 radical (unpaired) electrons. The Bertz CT molecular complexity index is 402. The molecule has 1 aliphatic rings. The molecule has 1 saturated heterocycles. The van der Waals surface area contributed by atoms with E-state index in [4.69, 9.17) is 4.42 Å². The molecular weight excluding hydrogens is 250 g/mol. The number of oxazole rings is 1. The summed E-state index contributed by atoms with van der Waals surface area (Å²) in [6.07, 6.45) is 6.39. The summed E-state index contributed by atoms with van der Waals surface area (Å²) in [5, 5.41) is 3.23. The maximum atomic E-state index is 5.88. The lowest BCUT2D eigenvalue weighted by molar-refractivity contribution is 0.136. The van der Waals surface area contributed by atoms with Gasteiger partial charge in [0, 0.05) is 31.5 Å². The molecule has 2 heterocycles. The molecule has 1 aromatic rings. The first kappa shape index (κ1) is 15.5. The molecule has 4 heteroatoms. The Morgan fingerprint density at radius 2 is 2.25 bits per heavy atom. The third-order valence-corrected chi connectivity index (χ3v) is 4.35. The summed E-state index contributed by atoms with van der Waals surface area (Å²) >= 11 is 0. The minimum atomic E-state index is 0.432. The highest BCUT2D eigenvalue weighted by atomic mass is 16.4. The van der Waals surface area contributed by atoms with Gasteiger partial charge in [0.25, 0.3) is 0 Å². The molecule has 0 aliphatic carbocycles. The summed E-state index contributed by atoms with van der Waals surface area (Å²) in [5.41, 5.74) is 0. The average molecular weight is 279 g/mol. The second-order valence-corrected chi connectivity index (χ2v) is 6.42. The monoisotopic (exact) mass is 279 g/mol. The number of likely N-dealkylation sites (N-methyl/N-ethyl adjacent to an activating group) is 1. The lowest BCUT2D eigenvalue weighted by Crippen LogP contribution is -2.40. The zero-order chi connectivity index (χ0) is 14.5. The smallest absolute Gasteiger partial charge is 0.194 e. The van der Waals surface area contributed by atoms with Crippen molar-refractivity contribution < 1.29 is 4.42 Å². The fourth-order valence-corrected chi connectivity index (χ4v) is 2.92. The Morgan fingerprint density at radius 1 is 1.45 bits per heavy atom. The maximum absolute atomic E-state index is 5.88. The van der Waals surface area contributed by atoms with Gasteiger partial charge in [-0.05, 0) is 53.1 Å². The van der Waals surface area contributed by atoms with E-state index in [1.165, 1.54) is 25.9 Å². The molecule has 0 aromatic carbocycles. The minimum absolute atomic E-state index is 0.432. The molecule has 1 N–H and O–H groups in total. The van der Waals surface area contributed by atoms with Crippen LogP contribution in [0.4, 0.5) is 0 Å². The van der Waals surface area contributed by atoms with Gasteiger partial charge in [0.15, 0.2) is 5.89 Å². The van der Waals surface area contributed by atoms with Gasteiger partial charge in [-0.1, -0.05) is 0 Å². The summed E-state index contributed by atoms with van der Waals surface area (Å²) in [6, 6.07) is 1.08. The molecule has 20 heavy (non-hydrogen) atoms. The van der Waals surface area contributed by atoms with Gasteiger partial charge in [0.05, 0.1) is 6.20 Å². The Hall–Kier alpha value is -0.870. The summed E-state index contributed by atoms with van der Waals surface area (Å²) < 4.78 is 5.88. The van der Waals surface area contributed by atoms with E-state index in [9.17, 15) is 0 Å². The zero-order valence-corrected chi connectivity index (χ0v) is 13.4. The molecule has 4 nitrogen and oxygen atoms in total. The van der Waals surface area contributed by atoms with Crippen molar-refractivity contribution >= 4 is 0 Å². The molecule has 1 aliphatic heterocycles. The first-order valence-corrected chi connectivity index (χ1v) is 7.93. The molecule has 2 unspecified atom stereocenters. The lowest BCUT2D eigenvalue weighted by Gasteiger charge is -2.35. The number of nitrogens with one attached hydrogen (secondary N) is 1. The Kier molecular flexibility index (Phi) is 5.61. The summed E-state index contributed by atoms with van der Waals surface area (Å²) in [5.74, 6) is 2.61. The number of likely N-dealkylation sites (tertiary alicyclic amines) is 1. The van der Waals surface area contributed by atoms with Crippen molar-refractivity contribution in [1.29, 1.82) is 0 Å². The van der Waals surface area contributed by atoms with Crippen LogP contribution in [0.2, 0.25) is 0 Å². The van der Waals surface area contributed by atoms with E-state index in [0.29, 0.717) is 18.0 Å². The predicted molar refractivity (Wildman–Crippen MR) is 81.9 cm³/mol. The molecule has 1 aromatic heterocycles. The van der Waals surface area contributed by atoms with Crippen LogP contribution in [-0.2, 0) is 12.8 Å². The first-order chi connectivity index (χ1) is 9.58. The lowest BCUT2D eigenvalue weighted by atomic mass is 9.94. The molecule has 2 rings (SSSR count). The Balaban J connectivity index is 1.86. The van der Waals surface area contributed by atoms with Gasteiger partial charge in [-0.2, -0.15) is 0 Å². The van der Waals surface area contributed by atoms with Crippen molar-refractivity contribution in [1.82, 2.24) is 15.2 Å². The molecule has 1 fully saturated rings. The van der Waals surface area contributed by atoms with E-state index in [1.807, 2.05) is 13.2 Å². The maximum Gasteiger partial charge on any atom is 0.194 e. The van der Waals surface area contributed by atoms with Crippen LogP contribution in [0.5, 0.6) is 0 Å². The second-order valence-electron chi connectivity index (χ2n) is 6.42. The number of hydrogen-bond donors (Lipinski definition) is 1. The van der Waals surface area contributed by atoms with Crippen molar-refractivity contribution in [2.75, 3.05) is 20.1 Å². The van der Waals surface area contributed by atoms with Gasteiger partial charge in [0.2, 0.25) is 0 Å². The van der Waals surface area contributed by atoms with E-state index in [2.05, 4.69) is 36.0 Å². The van der Waals surface area contributed by atoms with Crippen LogP contribution in [-0.4, -0.2) is 42.1 Å². The molecule has 114 valence electrons. The van der Waals surface area contributed by atoms with E-state index in [1.54, 1.807) is 0 Å². The average Bonchev–Trinajstić information content (AvgIpc) is 2.86. The summed E-state index contributed by atoms with van der Waals surface area (Å²) in [6.45, 7) is 9.15. The topological polar surface area (TPSA) is 41.3 Å². The first-order valence-electron chi connectivity index (χ1n) is 7.93. The molecule has 2 atom stereocenters. The molecule has 0 bridgehead atoms. The van der Waals surface area contributed by atoms with Gasteiger partial charge in [-0.15, -0.1) is 0 Å². The minimum Gasteiger partial charge on any atom is -0.446 e. The van der Waals surface area contributed by atoms with Crippen LogP contribution in [0.15, 0.2) is 10.6 Å². The van der Waals surface area contributed by atoms with Crippen LogP contribution < -0.4 is 5.32 Å². The van der Waals surface area contributed by atoms with Gasteiger partial charge < -0.3 is 14.6 Å². The van der Waals surface area contributed by atoms with E-state index in [-0.39, 0.29) is 0 Å². The highest BCUT2D eigenvalue weighted by molar-refractivity contribution is 4.97. The Morgan fingerprint density at radius 3 is 2.95 bits per heavy atom. The zero-order valence-electron chi connectivity index (χ0n) is 13.4. The van der Waals surface area contributed by atoms with E-state index in [0.717, 1.165) is 24.5 Å². The van der Waals surface area contributed by atoms with Gasteiger partial charge >= 0.3 is 0 Å². The van der Waals surface area contributed by atoms with Gasteiger partial charge in [-0.25, -0.2) is 4.98 Å². The van der Waals surface area contributed by atoms with Crippen LogP contribution in [0.1, 0.15) is 45.3 Å². The third kappa shape index (κ3) is 4.32. The summed E-state index contributed by atoms with van der Waals surface area (Å²) in [4.78, 5) is 7.03. The SMILES string of the molecule is CNC(C)Cc1cnc(CC2CCCN(C(C)C)C2)o1. The largest absolute Gasteiger partial charge is 0.446 e. The molecule has 0 spiro atoms. The van der Waals surface area contributed by atoms with Crippen molar-refractivity contribution in [2.45, 2.75) is 58.5 Å². The predicted octanol–water partition coefficient (Wildman–Crippen LogP) is 2.49. The normalized spacial score (nSPS) is 22.4. The molecule has 0 amide bonds. The van der Waals surface area contributed by atoms with Gasteiger partial charge in [-0.3, -0.25) is 0 Å². The number of rotatable bonds is 6. The second kappa shape index (κ2) is 7.23. The van der Waals surface area contributed by atoms with Crippen LogP contribution in [0, 0.1) is 5.92 Å². The summed E-state index contributed by atoms with van der Waals surface area (Å²) in [7, 11) is 1.98. The fourth-order valence-electron chi connectivity index (χ4n) is 2.92. The van der Waals surface area contributed by atoms with Crippen LogP contribution >= 0.6 is 0 Å². The number of aromatic nitrogens is 1. The van der Waals surface area contributed by atoms with Crippen molar-refractivity contribution in [2.24, 2.45) is 5.92 Å². The van der Waals surface area contributed by atoms with Crippen LogP contribution in [0.25, 0.3) is 0 Å². The highest BCUT2D eigenvalue weighted by Gasteiger charge is 2.23. The van der Waals surface area contributed by atoms with Gasteiger partial charge in [0.1, 0.15) is 5.76 Å². The third-order valence-electron chi connectivity index (χ3n) is 4.35. The fraction of sp³-hybridized carbons (Fsp3) is 0.812. The highest BCUT2D eigenvalue weighted by Crippen LogP contribution is 2.22. The molecule has 0 saturated carbocycles. The van der Waals surface area contributed by atoms with E-state index >= 15 is 0 Å². The van der Waals surface area contributed by atoms with Crippen molar-refractivity contribution in [3.63, 3.8) is 0 Å².